The summed E-state index contributed by atoms with van der Waals surface area (Å²) in [7, 11) is 0. The van der Waals surface area contributed by atoms with E-state index in [1.54, 1.807) is 6.92 Å². The zero-order valence-electron chi connectivity index (χ0n) is 8.04. The van der Waals surface area contributed by atoms with Crippen LogP contribution >= 0.6 is 0 Å². The summed E-state index contributed by atoms with van der Waals surface area (Å²) >= 11 is 0. The van der Waals surface area contributed by atoms with Crippen LogP contribution in [-0.4, -0.2) is 22.0 Å². The molecule has 0 spiro atoms. The van der Waals surface area contributed by atoms with Gasteiger partial charge in [-0.2, -0.15) is 18.3 Å². The predicted octanol–water partition coefficient (Wildman–Crippen LogP) is 1.77. The van der Waals surface area contributed by atoms with E-state index in [1.807, 2.05) is 0 Å². The summed E-state index contributed by atoms with van der Waals surface area (Å²) in [5, 5.41) is 6.53. The predicted molar refractivity (Wildman–Crippen MR) is 49.4 cm³/mol. The van der Waals surface area contributed by atoms with Gasteiger partial charge in [0.05, 0.1) is 11.9 Å². The number of nitrogens with zero attached hydrogens (tertiary/aromatic N) is 2. The number of nitrogen functional groups attached to an aromatic ring is 1. The third-order valence-corrected chi connectivity index (χ3v) is 2.46. The Bertz CT molecular complexity index is 370. The summed E-state index contributed by atoms with van der Waals surface area (Å²) in [5.74, 6) is 0.260. The first-order valence-corrected chi connectivity index (χ1v) is 4.56. The Morgan fingerprint density at radius 1 is 1.60 bits per heavy atom. The molecule has 0 saturated heterocycles. The molecule has 0 radical (unpaired) electrons. The van der Waals surface area contributed by atoms with Gasteiger partial charge in [0.1, 0.15) is 5.82 Å². The lowest BCUT2D eigenvalue weighted by molar-refractivity contribution is -0.173. The molecule has 0 aliphatic carbocycles. The normalized spacial score (nSPS) is 25.9. The molecule has 3 N–H and O–H groups in total. The highest BCUT2D eigenvalue weighted by atomic mass is 19.4. The number of nitrogens with two attached hydrogens (primary N) is 1. The van der Waals surface area contributed by atoms with Crippen LogP contribution in [-0.2, 0) is 0 Å². The zero-order chi connectivity index (χ0) is 11.2. The lowest BCUT2D eigenvalue weighted by Gasteiger charge is -2.31. The first-order valence-electron chi connectivity index (χ1n) is 4.56. The van der Waals surface area contributed by atoms with Crippen molar-refractivity contribution in [3.8, 4) is 0 Å². The number of hydrogen-bond donors (Lipinski definition) is 2. The van der Waals surface area contributed by atoms with Crippen molar-refractivity contribution in [2.75, 3.05) is 11.1 Å². The minimum Gasteiger partial charge on any atom is -0.394 e. The first-order chi connectivity index (χ1) is 6.89. The monoisotopic (exact) mass is 220 g/mol. The van der Waals surface area contributed by atoms with E-state index >= 15 is 0 Å². The number of alkyl halides is 3. The Hall–Kier alpha value is -1.40. The van der Waals surface area contributed by atoms with Crippen LogP contribution in [0, 0.1) is 0 Å². The molecule has 1 aliphatic heterocycles. The van der Waals surface area contributed by atoms with Gasteiger partial charge >= 0.3 is 6.18 Å². The lowest BCUT2D eigenvalue weighted by Crippen LogP contribution is -2.38. The average molecular weight is 220 g/mol. The first kappa shape index (κ1) is 10.1. The topological polar surface area (TPSA) is 55.9 Å². The van der Waals surface area contributed by atoms with Crippen LogP contribution in [0.5, 0.6) is 0 Å². The van der Waals surface area contributed by atoms with E-state index in [0.717, 1.165) is 4.68 Å². The standard InChI is InChI=1S/C8H11F3N4/c1-4-2-6(8(9,10)11)15-7(14-4)5(12)3-13-15/h3-4,6,14H,2,12H2,1H3. The maximum atomic E-state index is 12.7. The van der Waals surface area contributed by atoms with Gasteiger partial charge in [-0.1, -0.05) is 0 Å². The second-order valence-electron chi connectivity index (χ2n) is 3.73. The third-order valence-electron chi connectivity index (χ3n) is 2.46. The minimum atomic E-state index is -4.29. The van der Waals surface area contributed by atoms with Crippen molar-refractivity contribution in [1.29, 1.82) is 0 Å². The number of rotatable bonds is 0. The van der Waals surface area contributed by atoms with Gasteiger partial charge in [0.2, 0.25) is 0 Å². The second-order valence-corrected chi connectivity index (χ2v) is 3.73. The third kappa shape index (κ3) is 1.62. The molecular weight excluding hydrogens is 209 g/mol. The molecule has 2 rings (SSSR count). The summed E-state index contributed by atoms with van der Waals surface area (Å²) in [6, 6.07) is -1.84. The van der Waals surface area contributed by atoms with Crippen molar-refractivity contribution in [2.45, 2.75) is 31.6 Å². The van der Waals surface area contributed by atoms with E-state index in [2.05, 4.69) is 10.4 Å². The van der Waals surface area contributed by atoms with Crippen LogP contribution in [0.1, 0.15) is 19.4 Å². The van der Waals surface area contributed by atoms with Crippen LogP contribution in [0.2, 0.25) is 0 Å². The van der Waals surface area contributed by atoms with Crippen LogP contribution in [0.3, 0.4) is 0 Å². The number of nitrogens with one attached hydrogen (secondary N) is 1. The van der Waals surface area contributed by atoms with Crippen LogP contribution in [0.4, 0.5) is 24.7 Å². The smallest absolute Gasteiger partial charge is 0.394 e. The fraction of sp³-hybridized carbons (Fsp3) is 0.625. The molecule has 2 unspecified atom stereocenters. The molecule has 1 aromatic rings. The summed E-state index contributed by atoms with van der Waals surface area (Å²) in [4.78, 5) is 0. The number of hydrogen-bond acceptors (Lipinski definition) is 3. The van der Waals surface area contributed by atoms with Crippen molar-refractivity contribution in [1.82, 2.24) is 9.78 Å². The largest absolute Gasteiger partial charge is 0.410 e. The van der Waals surface area contributed by atoms with E-state index in [-0.39, 0.29) is 24.0 Å². The molecule has 0 amide bonds. The Labute approximate surface area is 84.2 Å². The highest BCUT2D eigenvalue weighted by molar-refractivity contribution is 5.62. The molecule has 15 heavy (non-hydrogen) atoms. The summed E-state index contributed by atoms with van der Waals surface area (Å²) in [6.45, 7) is 1.69. The van der Waals surface area contributed by atoms with E-state index in [0.29, 0.717) is 0 Å². The number of aromatic nitrogens is 2. The molecule has 1 aliphatic rings. The molecule has 84 valence electrons. The molecule has 2 atom stereocenters. The zero-order valence-corrected chi connectivity index (χ0v) is 8.04. The van der Waals surface area contributed by atoms with Gasteiger partial charge in [0.15, 0.2) is 6.04 Å². The molecule has 7 heteroatoms. The average Bonchev–Trinajstić information content (AvgIpc) is 2.45. The van der Waals surface area contributed by atoms with E-state index in [1.165, 1.54) is 6.20 Å². The summed E-state index contributed by atoms with van der Waals surface area (Å²) < 4.78 is 38.9. The van der Waals surface area contributed by atoms with E-state index in [4.69, 9.17) is 5.73 Å². The number of anilines is 2. The number of halogens is 3. The SMILES string of the molecule is CC1CC(C(F)(F)F)n2ncc(N)c2N1. The summed E-state index contributed by atoms with van der Waals surface area (Å²) in [5.41, 5.74) is 5.76. The fourth-order valence-corrected chi connectivity index (χ4v) is 1.76. The van der Waals surface area contributed by atoms with Crippen molar-refractivity contribution in [3.63, 3.8) is 0 Å². The van der Waals surface area contributed by atoms with Gasteiger partial charge in [0, 0.05) is 6.04 Å². The van der Waals surface area contributed by atoms with Crippen molar-refractivity contribution in [3.05, 3.63) is 6.20 Å². The Kier molecular flexibility index (Phi) is 2.06. The van der Waals surface area contributed by atoms with Gasteiger partial charge in [0.25, 0.3) is 0 Å². The number of fused-ring (bicyclic) bond motifs is 1. The molecule has 0 saturated carbocycles. The summed E-state index contributed by atoms with van der Waals surface area (Å²) in [6.07, 6.45) is -3.08. The molecule has 0 bridgehead atoms. The maximum absolute atomic E-state index is 12.7. The van der Waals surface area contributed by atoms with Crippen LogP contribution in [0.25, 0.3) is 0 Å². The van der Waals surface area contributed by atoms with E-state index < -0.39 is 12.2 Å². The van der Waals surface area contributed by atoms with Gasteiger partial charge < -0.3 is 11.1 Å². The highest BCUT2D eigenvalue weighted by Gasteiger charge is 2.45. The van der Waals surface area contributed by atoms with Gasteiger partial charge in [-0.05, 0) is 13.3 Å². The Balaban J connectivity index is 2.44. The molecule has 4 nitrogen and oxygen atoms in total. The molecular formula is C8H11F3N4. The van der Waals surface area contributed by atoms with Gasteiger partial charge in [-0.25, -0.2) is 4.68 Å². The van der Waals surface area contributed by atoms with Crippen molar-refractivity contribution in [2.24, 2.45) is 0 Å². The van der Waals surface area contributed by atoms with E-state index in [9.17, 15) is 13.2 Å². The molecule has 0 aromatic carbocycles. The lowest BCUT2D eigenvalue weighted by atomic mass is 10.1. The van der Waals surface area contributed by atoms with Crippen molar-refractivity contribution >= 4 is 11.5 Å². The van der Waals surface area contributed by atoms with Crippen LogP contribution in [0.15, 0.2) is 6.20 Å². The Morgan fingerprint density at radius 3 is 2.87 bits per heavy atom. The van der Waals surface area contributed by atoms with Gasteiger partial charge in [-0.15, -0.1) is 0 Å². The quantitative estimate of drug-likeness (QED) is 0.700. The van der Waals surface area contributed by atoms with Gasteiger partial charge in [-0.3, -0.25) is 0 Å². The molecule has 0 fully saturated rings. The van der Waals surface area contributed by atoms with Crippen molar-refractivity contribution < 1.29 is 13.2 Å². The second kappa shape index (κ2) is 3.04. The minimum absolute atomic E-state index is 0.0301. The van der Waals surface area contributed by atoms with Crippen LogP contribution < -0.4 is 11.1 Å². The molecule has 2 heterocycles. The molecule has 1 aromatic heterocycles. The maximum Gasteiger partial charge on any atom is 0.410 e. The fourth-order valence-electron chi connectivity index (χ4n) is 1.76. The highest BCUT2D eigenvalue weighted by Crippen LogP contribution is 2.40. The Morgan fingerprint density at radius 2 is 2.27 bits per heavy atom.